The number of anilines is 1. The Balaban J connectivity index is 2.15. The van der Waals surface area contributed by atoms with Gasteiger partial charge in [0, 0.05) is 0 Å². The Morgan fingerprint density at radius 1 is 1.22 bits per heavy atom. The number of hydrogen-bond acceptors (Lipinski definition) is 2. The fourth-order valence-corrected chi connectivity index (χ4v) is 1.45. The van der Waals surface area contributed by atoms with Crippen LogP contribution in [0.3, 0.4) is 0 Å². The summed E-state index contributed by atoms with van der Waals surface area (Å²) in [7, 11) is 0. The highest BCUT2D eigenvalue weighted by molar-refractivity contribution is 6.76. The number of benzene rings is 1. The number of aromatic nitrogens is 2. The van der Waals surface area contributed by atoms with Crippen LogP contribution >= 0.6 is 34.8 Å². The van der Waals surface area contributed by atoms with Gasteiger partial charge in [0.15, 0.2) is 0 Å². The van der Waals surface area contributed by atoms with Crippen LogP contribution in [0.4, 0.5) is 5.69 Å². The number of carbonyl (C=O) groups excluding carboxylic acids is 1. The van der Waals surface area contributed by atoms with E-state index >= 15 is 0 Å². The molecule has 0 fully saturated rings. The van der Waals surface area contributed by atoms with Gasteiger partial charge in [-0.3, -0.25) is 4.79 Å². The molecular formula is C11H8Cl3N3O. The van der Waals surface area contributed by atoms with Crippen molar-refractivity contribution in [1.29, 1.82) is 0 Å². The summed E-state index contributed by atoms with van der Waals surface area (Å²) in [5.41, 5.74) is 1.32. The van der Waals surface area contributed by atoms with Gasteiger partial charge in [-0.25, -0.2) is 4.68 Å². The Morgan fingerprint density at radius 3 is 2.50 bits per heavy atom. The lowest BCUT2D eigenvalue weighted by atomic mass is 10.3. The molecule has 0 aliphatic carbocycles. The van der Waals surface area contributed by atoms with Crippen molar-refractivity contribution in [2.45, 2.75) is 3.79 Å². The molecule has 0 aliphatic heterocycles. The number of alkyl halides is 3. The third-order valence-electron chi connectivity index (χ3n) is 2.12. The Labute approximate surface area is 118 Å². The SMILES string of the molecule is O=C(Nc1cnn(-c2ccccc2)c1)C(Cl)(Cl)Cl. The Kier molecular flexibility index (Phi) is 3.80. The minimum Gasteiger partial charge on any atom is -0.320 e. The molecule has 0 aliphatic rings. The van der Waals surface area contributed by atoms with Gasteiger partial charge in [0.05, 0.1) is 23.8 Å². The van der Waals surface area contributed by atoms with E-state index in [2.05, 4.69) is 10.4 Å². The maximum Gasteiger partial charge on any atom is 0.276 e. The lowest BCUT2D eigenvalue weighted by Gasteiger charge is -2.09. The first-order valence-corrected chi connectivity index (χ1v) is 6.08. The standard InChI is InChI=1S/C11H8Cl3N3O/c12-11(13,14)10(18)16-8-6-15-17(7-8)9-4-2-1-3-5-9/h1-7H,(H,16,18). The van der Waals surface area contributed by atoms with Crippen LogP contribution in [-0.2, 0) is 4.79 Å². The van der Waals surface area contributed by atoms with Crippen LogP contribution in [0.5, 0.6) is 0 Å². The number of halogens is 3. The summed E-state index contributed by atoms with van der Waals surface area (Å²) in [6.07, 6.45) is 3.10. The predicted molar refractivity (Wildman–Crippen MR) is 72.5 cm³/mol. The van der Waals surface area contributed by atoms with Crippen molar-refractivity contribution < 1.29 is 4.79 Å². The maximum atomic E-state index is 11.4. The number of amides is 1. The van der Waals surface area contributed by atoms with Gasteiger partial charge in [0.25, 0.3) is 9.70 Å². The van der Waals surface area contributed by atoms with Gasteiger partial charge in [-0.1, -0.05) is 53.0 Å². The van der Waals surface area contributed by atoms with Crippen molar-refractivity contribution in [3.8, 4) is 5.69 Å². The van der Waals surface area contributed by atoms with Crippen LogP contribution in [0, 0.1) is 0 Å². The molecule has 1 amide bonds. The second-order valence-corrected chi connectivity index (χ2v) is 5.74. The molecule has 1 aromatic heterocycles. The highest BCUT2D eigenvalue weighted by Crippen LogP contribution is 2.27. The summed E-state index contributed by atoms with van der Waals surface area (Å²) in [6, 6.07) is 9.44. The molecule has 7 heteroatoms. The molecule has 0 bridgehead atoms. The molecule has 0 atom stereocenters. The van der Waals surface area contributed by atoms with Crippen molar-refractivity contribution in [1.82, 2.24) is 9.78 Å². The smallest absolute Gasteiger partial charge is 0.276 e. The first kappa shape index (κ1) is 13.2. The average Bonchev–Trinajstić information content (AvgIpc) is 2.77. The number of hydrogen-bond donors (Lipinski definition) is 1. The fourth-order valence-electron chi connectivity index (χ4n) is 1.31. The molecule has 1 N–H and O–H groups in total. The van der Waals surface area contributed by atoms with Crippen LogP contribution in [0.2, 0.25) is 0 Å². The molecule has 0 unspecified atom stereocenters. The van der Waals surface area contributed by atoms with E-state index in [1.807, 2.05) is 30.3 Å². The molecule has 1 aromatic carbocycles. The molecule has 4 nitrogen and oxygen atoms in total. The summed E-state index contributed by atoms with van der Waals surface area (Å²) in [5.74, 6) is -0.722. The number of nitrogens with zero attached hydrogens (tertiary/aromatic N) is 2. The molecular weight excluding hydrogens is 296 g/mol. The van der Waals surface area contributed by atoms with E-state index in [4.69, 9.17) is 34.8 Å². The van der Waals surface area contributed by atoms with E-state index in [1.165, 1.54) is 6.20 Å². The van der Waals surface area contributed by atoms with Gasteiger partial charge in [-0.2, -0.15) is 5.10 Å². The summed E-state index contributed by atoms with van der Waals surface area (Å²) in [6.45, 7) is 0. The Hall–Kier alpha value is -1.23. The molecule has 0 spiro atoms. The van der Waals surface area contributed by atoms with Crippen molar-refractivity contribution >= 4 is 46.4 Å². The molecule has 0 saturated heterocycles. The summed E-state index contributed by atoms with van der Waals surface area (Å²) >= 11 is 16.3. The van der Waals surface area contributed by atoms with Crippen molar-refractivity contribution in [2.24, 2.45) is 0 Å². The van der Waals surface area contributed by atoms with Gasteiger partial charge in [-0.15, -0.1) is 0 Å². The molecule has 18 heavy (non-hydrogen) atoms. The second kappa shape index (κ2) is 5.18. The van der Waals surface area contributed by atoms with Gasteiger partial charge in [0.1, 0.15) is 0 Å². The van der Waals surface area contributed by atoms with Crippen LogP contribution < -0.4 is 5.32 Å². The molecule has 2 rings (SSSR count). The Bertz CT molecular complexity index is 548. The zero-order valence-corrected chi connectivity index (χ0v) is 11.2. The van der Waals surface area contributed by atoms with Crippen molar-refractivity contribution in [3.63, 3.8) is 0 Å². The molecule has 0 saturated carbocycles. The molecule has 94 valence electrons. The highest BCUT2D eigenvalue weighted by Gasteiger charge is 2.30. The molecule has 2 aromatic rings. The number of nitrogens with one attached hydrogen (secondary N) is 1. The molecule has 1 heterocycles. The van der Waals surface area contributed by atoms with Gasteiger partial charge in [-0.05, 0) is 12.1 Å². The second-order valence-electron chi connectivity index (χ2n) is 3.46. The quantitative estimate of drug-likeness (QED) is 0.866. The fraction of sp³-hybridized carbons (Fsp3) is 0.0909. The topological polar surface area (TPSA) is 46.9 Å². The lowest BCUT2D eigenvalue weighted by molar-refractivity contribution is -0.115. The largest absolute Gasteiger partial charge is 0.320 e. The highest BCUT2D eigenvalue weighted by atomic mass is 35.6. The van der Waals surface area contributed by atoms with Gasteiger partial charge in [0.2, 0.25) is 0 Å². The van der Waals surface area contributed by atoms with E-state index in [0.717, 1.165) is 5.69 Å². The zero-order valence-electron chi connectivity index (χ0n) is 8.98. The maximum absolute atomic E-state index is 11.4. The molecule has 0 radical (unpaired) electrons. The van der Waals surface area contributed by atoms with E-state index < -0.39 is 9.70 Å². The first-order valence-electron chi connectivity index (χ1n) is 4.95. The zero-order chi connectivity index (χ0) is 13.2. The summed E-state index contributed by atoms with van der Waals surface area (Å²) in [5, 5.41) is 6.55. The third-order valence-corrected chi connectivity index (χ3v) is 2.63. The van der Waals surface area contributed by atoms with E-state index in [1.54, 1.807) is 10.9 Å². The van der Waals surface area contributed by atoms with E-state index in [9.17, 15) is 4.79 Å². The lowest BCUT2D eigenvalue weighted by Crippen LogP contribution is -2.26. The van der Waals surface area contributed by atoms with E-state index in [-0.39, 0.29) is 0 Å². The van der Waals surface area contributed by atoms with Crippen LogP contribution in [-0.4, -0.2) is 19.5 Å². The third kappa shape index (κ3) is 3.16. The number of rotatable bonds is 2. The minimum absolute atomic E-state index is 0.454. The van der Waals surface area contributed by atoms with Crippen molar-refractivity contribution in [2.75, 3.05) is 5.32 Å². The number of carbonyl (C=O) groups is 1. The van der Waals surface area contributed by atoms with Gasteiger partial charge >= 0.3 is 0 Å². The van der Waals surface area contributed by atoms with Gasteiger partial charge < -0.3 is 5.32 Å². The number of para-hydroxylation sites is 1. The van der Waals surface area contributed by atoms with Crippen LogP contribution in [0.25, 0.3) is 5.69 Å². The summed E-state index contributed by atoms with van der Waals surface area (Å²) < 4.78 is -0.386. The first-order chi connectivity index (χ1) is 8.47. The van der Waals surface area contributed by atoms with E-state index in [0.29, 0.717) is 5.69 Å². The van der Waals surface area contributed by atoms with Crippen LogP contribution in [0.1, 0.15) is 0 Å². The predicted octanol–water partition coefficient (Wildman–Crippen LogP) is 3.18. The average molecular weight is 305 g/mol. The Morgan fingerprint density at radius 2 is 1.89 bits per heavy atom. The normalized spacial score (nSPS) is 11.3. The van der Waals surface area contributed by atoms with Crippen molar-refractivity contribution in [3.05, 3.63) is 42.7 Å². The minimum atomic E-state index is -1.99. The monoisotopic (exact) mass is 303 g/mol. The summed E-state index contributed by atoms with van der Waals surface area (Å²) in [4.78, 5) is 11.4. The van der Waals surface area contributed by atoms with Crippen LogP contribution in [0.15, 0.2) is 42.7 Å².